The quantitative estimate of drug-likeness (QED) is 0.313. The van der Waals surface area contributed by atoms with Gasteiger partial charge >= 0.3 is 0 Å². The Bertz CT molecular complexity index is 1390. The van der Waals surface area contributed by atoms with Crippen LogP contribution in [0.15, 0.2) is 71.6 Å². The van der Waals surface area contributed by atoms with Crippen molar-refractivity contribution < 1.29 is 23.4 Å². The Morgan fingerprint density at radius 1 is 1.00 bits per heavy atom. The van der Waals surface area contributed by atoms with Gasteiger partial charge in [-0.05, 0) is 52.9 Å². The van der Waals surface area contributed by atoms with E-state index in [1.165, 1.54) is 11.3 Å². The maximum Gasteiger partial charge on any atom is 0.234 e. The maximum atomic E-state index is 13.4. The summed E-state index contributed by atoms with van der Waals surface area (Å²) in [5.74, 6) is -0.819. The molecule has 1 atom stereocenters. The van der Waals surface area contributed by atoms with Crippen LogP contribution in [0.25, 0.3) is 10.2 Å². The van der Waals surface area contributed by atoms with Gasteiger partial charge in [-0.1, -0.05) is 60.7 Å². The smallest absolute Gasteiger partial charge is 0.234 e. The lowest BCUT2D eigenvalue weighted by atomic mass is 9.91. The van der Waals surface area contributed by atoms with Crippen molar-refractivity contribution in [2.45, 2.75) is 37.4 Å². The summed E-state index contributed by atoms with van der Waals surface area (Å²) < 4.78 is 25.2. The van der Waals surface area contributed by atoms with E-state index in [-0.39, 0.29) is 29.8 Å². The number of fused-ring (bicyclic) bond motifs is 1. The van der Waals surface area contributed by atoms with Crippen molar-refractivity contribution in [1.29, 1.82) is 0 Å². The number of aromatic nitrogens is 1. The SMILES string of the molecule is CCS(=O)(=O)c1ccc(C(Cc2ccccc2)C(=O)Nc2nc3cc(CO)c(CO)cc3s2)cc1. The lowest BCUT2D eigenvalue weighted by Crippen LogP contribution is -2.23. The normalized spacial score (nSPS) is 12.5. The van der Waals surface area contributed by atoms with E-state index in [2.05, 4.69) is 10.3 Å². The van der Waals surface area contributed by atoms with E-state index < -0.39 is 15.8 Å². The summed E-state index contributed by atoms with van der Waals surface area (Å²) >= 11 is 1.29. The van der Waals surface area contributed by atoms with Crippen molar-refractivity contribution in [3.05, 3.63) is 89.0 Å². The number of carbonyl (C=O) groups is 1. The molecule has 0 bridgehead atoms. The highest BCUT2D eigenvalue weighted by Gasteiger charge is 2.23. The second-order valence-electron chi connectivity index (χ2n) is 8.13. The minimum atomic E-state index is -3.34. The van der Waals surface area contributed by atoms with Crippen molar-refractivity contribution in [1.82, 2.24) is 4.98 Å². The third-order valence-corrected chi connectivity index (χ3v) is 8.59. The Morgan fingerprint density at radius 2 is 1.66 bits per heavy atom. The summed E-state index contributed by atoms with van der Waals surface area (Å²) in [6, 6.07) is 19.6. The molecule has 4 aromatic rings. The molecule has 7 nitrogen and oxygen atoms in total. The first kappa shape index (κ1) is 25.0. The molecule has 0 aliphatic rings. The first-order valence-electron chi connectivity index (χ1n) is 11.2. The number of hydrogen-bond donors (Lipinski definition) is 3. The fourth-order valence-corrected chi connectivity index (χ4v) is 5.68. The summed E-state index contributed by atoms with van der Waals surface area (Å²) in [5, 5.41) is 22.4. The van der Waals surface area contributed by atoms with Crippen LogP contribution in [-0.4, -0.2) is 35.3 Å². The maximum absolute atomic E-state index is 13.4. The van der Waals surface area contributed by atoms with Gasteiger partial charge in [-0.15, -0.1) is 0 Å². The molecule has 1 unspecified atom stereocenters. The summed E-state index contributed by atoms with van der Waals surface area (Å²) in [7, 11) is -3.34. The van der Waals surface area contributed by atoms with Crippen LogP contribution >= 0.6 is 11.3 Å². The first-order valence-corrected chi connectivity index (χ1v) is 13.6. The number of carbonyl (C=O) groups excluding carboxylic acids is 1. The fraction of sp³-hybridized carbons (Fsp3) is 0.231. The van der Waals surface area contributed by atoms with Crippen LogP contribution in [0.2, 0.25) is 0 Å². The molecule has 3 aromatic carbocycles. The number of anilines is 1. The molecule has 0 spiro atoms. The topological polar surface area (TPSA) is 117 Å². The predicted molar refractivity (Wildman–Crippen MR) is 137 cm³/mol. The van der Waals surface area contributed by atoms with Gasteiger partial charge in [-0.2, -0.15) is 0 Å². The molecule has 0 saturated heterocycles. The molecule has 3 N–H and O–H groups in total. The average molecular weight is 511 g/mol. The molecule has 0 aliphatic carbocycles. The molecule has 1 amide bonds. The number of amides is 1. The summed E-state index contributed by atoms with van der Waals surface area (Å²) in [6.07, 6.45) is 0.431. The van der Waals surface area contributed by atoms with Crippen molar-refractivity contribution in [2.24, 2.45) is 0 Å². The molecule has 0 fully saturated rings. The Balaban J connectivity index is 1.65. The van der Waals surface area contributed by atoms with Crippen molar-refractivity contribution in [3.63, 3.8) is 0 Å². The van der Waals surface area contributed by atoms with Gasteiger partial charge in [0.15, 0.2) is 15.0 Å². The van der Waals surface area contributed by atoms with Gasteiger partial charge in [0.1, 0.15) is 0 Å². The standard InChI is InChI=1S/C26H26N2O5S2/c1-2-35(32,33)21-10-8-18(9-11-21)22(12-17-6-4-3-5-7-17)25(31)28-26-27-23-13-19(15-29)20(16-30)14-24(23)34-26/h3-11,13-14,22,29-30H,2,12,15-16H2,1H3,(H,27,28,31). The largest absolute Gasteiger partial charge is 0.392 e. The van der Waals surface area contributed by atoms with E-state index in [4.69, 9.17) is 0 Å². The van der Waals surface area contributed by atoms with Crippen LogP contribution in [0.4, 0.5) is 5.13 Å². The van der Waals surface area contributed by atoms with Gasteiger partial charge in [-0.25, -0.2) is 13.4 Å². The van der Waals surface area contributed by atoms with Gasteiger partial charge in [0.05, 0.1) is 40.0 Å². The zero-order valence-corrected chi connectivity index (χ0v) is 20.8. The lowest BCUT2D eigenvalue weighted by Gasteiger charge is -2.17. The second kappa shape index (κ2) is 10.7. The van der Waals surface area contributed by atoms with E-state index in [0.717, 1.165) is 10.3 Å². The highest BCUT2D eigenvalue weighted by atomic mass is 32.2. The third-order valence-electron chi connectivity index (χ3n) is 5.90. The van der Waals surface area contributed by atoms with E-state index >= 15 is 0 Å². The summed E-state index contributed by atoms with van der Waals surface area (Å²) in [5.41, 5.74) is 3.51. The van der Waals surface area contributed by atoms with Crippen LogP contribution in [0.3, 0.4) is 0 Å². The van der Waals surface area contributed by atoms with Crippen LogP contribution in [0.5, 0.6) is 0 Å². The van der Waals surface area contributed by atoms with Crippen molar-refractivity contribution >= 4 is 42.4 Å². The molecule has 1 aromatic heterocycles. The van der Waals surface area contributed by atoms with Crippen LogP contribution in [0, 0.1) is 0 Å². The van der Waals surface area contributed by atoms with Crippen molar-refractivity contribution in [3.8, 4) is 0 Å². The molecule has 0 radical (unpaired) electrons. The van der Waals surface area contributed by atoms with Crippen LogP contribution in [-0.2, 0) is 34.3 Å². The molecule has 9 heteroatoms. The molecule has 182 valence electrons. The van der Waals surface area contributed by atoms with Gasteiger partial charge < -0.3 is 15.5 Å². The van der Waals surface area contributed by atoms with E-state index in [0.29, 0.717) is 33.8 Å². The Morgan fingerprint density at radius 3 is 2.29 bits per heavy atom. The van der Waals surface area contributed by atoms with E-state index in [1.807, 2.05) is 30.3 Å². The second-order valence-corrected chi connectivity index (χ2v) is 11.4. The lowest BCUT2D eigenvalue weighted by molar-refractivity contribution is -0.117. The molecular weight excluding hydrogens is 484 g/mol. The molecular formula is C26H26N2O5S2. The molecule has 1 heterocycles. The number of nitrogens with zero attached hydrogens (tertiary/aromatic N) is 1. The number of benzene rings is 3. The number of aliphatic hydroxyl groups excluding tert-OH is 2. The number of aliphatic hydroxyl groups is 2. The Labute approximate surface area is 208 Å². The third kappa shape index (κ3) is 5.59. The minimum Gasteiger partial charge on any atom is -0.392 e. The fourth-order valence-electron chi connectivity index (χ4n) is 3.89. The number of nitrogens with one attached hydrogen (secondary N) is 1. The van der Waals surface area contributed by atoms with E-state index in [1.54, 1.807) is 43.3 Å². The number of sulfone groups is 1. The molecule has 0 saturated carbocycles. The van der Waals surface area contributed by atoms with Gasteiger partial charge in [0.2, 0.25) is 5.91 Å². The number of thiazole rings is 1. The highest BCUT2D eigenvalue weighted by molar-refractivity contribution is 7.91. The first-order chi connectivity index (χ1) is 16.8. The zero-order chi connectivity index (χ0) is 25.0. The average Bonchev–Trinajstić information content (AvgIpc) is 3.27. The summed E-state index contributed by atoms with van der Waals surface area (Å²) in [4.78, 5) is 18.2. The Kier molecular flexibility index (Phi) is 7.61. The zero-order valence-electron chi connectivity index (χ0n) is 19.1. The monoisotopic (exact) mass is 510 g/mol. The highest BCUT2D eigenvalue weighted by Crippen LogP contribution is 2.31. The predicted octanol–water partition coefficient (Wildman–Crippen LogP) is 4.04. The van der Waals surface area contributed by atoms with Crippen LogP contribution < -0.4 is 5.32 Å². The molecule has 0 aliphatic heterocycles. The van der Waals surface area contributed by atoms with Crippen LogP contribution in [0.1, 0.15) is 35.1 Å². The Hall–Kier alpha value is -3.11. The van der Waals surface area contributed by atoms with Gasteiger partial charge in [-0.3, -0.25) is 4.79 Å². The molecule has 35 heavy (non-hydrogen) atoms. The minimum absolute atomic E-state index is 0.00781. The van der Waals surface area contributed by atoms with Gasteiger partial charge in [0, 0.05) is 0 Å². The number of rotatable bonds is 9. The van der Waals surface area contributed by atoms with Crippen molar-refractivity contribution in [2.75, 3.05) is 11.1 Å². The summed E-state index contributed by atoms with van der Waals surface area (Å²) in [6.45, 7) is 1.18. The van der Waals surface area contributed by atoms with E-state index in [9.17, 15) is 23.4 Å². The number of hydrogen-bond acceptors (Lipinski definition) is 7. The van der Waals surface area contributed by atoms with Gasteiger partial charge in [0.25, 0.3) is 0 Å². The molecule has 4 rings (SSSR count).